The second kappa shape index (κ2) is 8.34. The quantitative estimate of drug-likeness (QED) is 0.582. The Hall–Kier alpha value is -4.01. The number of benzene rings is 1. The third-order valence-corrected chi connectivity index (χ3v) is 4.49. The first-order chi connectivity index (χ1) is 13.9. The molecule has 0 unspecified atom stereocenters. The van der Waals surface area contributed by atoms with E-state index in [1.54, 1.807) is 18.3 Å². The van der Waals surface area contributed by atoms with Crippen LogP contribution in [-0.2, 0) is 10.0 Å². The zero-order valence-corrected chi connectivity index (χ0v) is 15.6. The van der Waals surface area contributed by atoms with E-state index >= 15 is 0 Å². The van der Waals surface area contributed by atoms with Gasteiger partial charge in [-0.25, -0.2) is 18.4 Å². The van der Waals surface area contributed by atoms with E-state index in [2.05, 4.69) is 20.6 Å². The largest absolute Gasteiger partial charge is 0.454 e. The molecule has 2 amide bonds. The Bertz CT molecular complexity index is 1180. The molecule has 11 heteroatoms. The number of ether oxygens (including phenoxy) is 1. The maximum atomic E-state index is 12.2. The van der Waals surface area contributed by atoms with Crippen LogP contribution in [0.2, 0.25) is 0 Å². The van der Waals surface area contributed by atoms with Crippen LogP contribution in [0.25, 0.3) is 0 Å². The van der Waals surface area contributed by atoms with E-state index in [0.717, 1.165) is 0 Å². The Labute approximate surface area is 166 Å². The maximum absolute atomic E-state index is 12.2. The van der Waals surface area contributed by atoms with E-state index in [4.69, 9.17) is 9.88 Å². The number of carbonyl (C=O) groups excluding carboxylic acids is 1. The molecule has 0 aliphatic rings. The fraction of sp³-hybridized carbons (Fsp3) is 0. The van der Waals surface area contributed by atoms with Crippen LogP contribution in [0.1, 0.15) is 5.56 Å². The van der Waals surface area contributed by atoms with Gasteiger partial charge in [0.05, 0.1) is 23.0 Å². The van der Waals surface area contributed by atoms with E-state index in [1.807, 2.05) is 6.07 Å². The Morgan fingerprint density at radius 2 is 1.83 bits per heavy atom. The van der Waals surface area contributed by atoms with Gasteiger partial charge in [-0.2, -0.15) is 5.26 Å². The summed E-state index contributed by atoms with van der Waals surface area (Å²) >= 11 is 0. The molecular formula is C18H14N6O4S. The number of nitrogens with two attached hydrogens (primary N) is 1. The lowest BCUT2D eigenvalue weighted by Gasteiger charge is -2.14. The van der Waals surface area contributed by atoms with E-state index in [9.17, 15) is 18.5 Å². The van der Waals surface area contributed by atoms with Gasteiger partial charge in [-0.3, -0.25) is 9.97 Å². The molecule has 0 spiro atoms. The first kappa shape index (κ1) is 19.7. The summed E-state index contributed by atoms with van der Waals surface area (Å²) in [7, 11) is -3.85. The normalized spacial score (nSPS) is 10.6. The topological polar surface area (TPSA) is 160 Å². The molecule has 3 rings (SSSR count). The molecule has 0 fully saturated rings. The highest BCUT2D eigenvalue weighted by Crippen LogP contribution is 2.32. The number of hydrogen-bond donors (Lipinski definition) is 3. The second-order valence-corrected chi connectivity index (χ2v) is 7.18. The van der Waals surface area contributed by atoms with Crippen LogP contribution in [-0.4, -0.2) is 24.4 Å². The fourth-order valence-corrected chi connectivity index (χ4v) is 2.78. The van der Waals surface area contributed by atoms with Crippen LogP contribution in [0.3, 0.4) is 0 Å². The minimum atomic E-state index is -3.85. The number of carbonyl (C=O) groups is 1. The fourth-order valence-electron chi connectivity index (χ4n) is 2.26. The highest BCUT2D eigenvalue weighted by Gasteiger charge is 2.15. The SMILES string of the molecule is N#Cc1cncc(NC(=O)Nc2cccnc2)c1Oc1ccc(S(N)(=O)=O)cc1. The van der Waals surface area contributed by atoms with E-state index in [1.165, 1.54) is 42.9 Å². The molecule has 0 radical (unpaired) electrons. The molecule has 2 heterocycles. The van der Waals surface area contributed by atoms with Gasteiger partial charge in [-0.1, -0.05) is 0 Å². The summed E-state index contributed by atoms with van der Waals surface area (Å²) in [5, 5.41) is 19.5. The number of amides is 2. The molecule has 4 N–H and O–H groups in total. The minimum Gasteiger partial charge on any atom is -0.454 e. The van der Waals surface area contributed by atoms with Gasteiger partial charge < -0.3 is 15.4 Å². The van der Waals surface area contributed by atoms with Crippen molar-refractivity contribution in [1.29, 1.82) is 5.26 Å². The number of nitrogens with zero attached hydrogens (tertiary/aromatic N) is 3. The third kappa shape index (κ3) is 5.04. The van der Waals surface area contributed by atoms with Crippen molar-refractivity contribution in [2.24, 2.45) is 5.14 Å². The lowest BCUT2D eigenvalue weighted by atomic mass is 10.2. The van der Waals surface area contributed by atoms with Gasteiger partial charge in [-0.15, -0.1) is 0 Å². The summed E-state index contributed by atoms with van der Waals surface area (Å²) in [6, 6.07) is 9.93. The zero-order valence-electron chi connectivity index (χ0n) is 14.7. The molecule has 3 aromatic rings. The Balaban J connectivity index is 1.84. The standard InChI is InChI=1S/C18H14N6O4S/c19-8-12-9-22-11-16(24-18(25)23-13-2-1-7-21-10-13)17(12)28-14-3-5-15(6-4-14)29(20,26)27/h1-7,9-11H,(H2,20,26,27)(H2,23,24,25). The Kier molecular flexibility index (Phi) is 5.68. The van der Waals surface area contributed by atoms with Crippen LogP contribution in [0.15, 0.2) is 66.1 Å². The van der Waals surface area contributed by atoms with Crippen molar-refractivity contribution in [3.63, 3.8) is 0 Å². The molecule has 0 aliphatic carbocycles. The molecule has 0 saturated heterocycles. The predicted octanol–water partition coefficient (Wildman–Crippen LogP) is 2.43. The summed E-state index contributed by atoms with van der Waals surface area (Å²) in [6.07, 6.45) is 5.63. The van der Waals surface area contributed by atoms with Gasteiger partial charge >= 0.3 is 6.03 Å². The average Bonchev–Trinajstić information content (AvgIpc) is 2.69. The molecule has 29 heavy (non-hydrogen) atoms. The Morgan fingerprint density at radius 1 is 1.07 bits per heavy atom. The van der Waals surface area contributed by atoms with Crippen LogP contribution >= 0.6 is 0 Å². The molecule has 146 valence electrons. The molecule has 0 saturated carbocycles. The van der Waals surface area contributed by atoms with Crippen molar-refractivity contribution in [2.75, 3.05) is 10.6 Å². The number of hydrogen-bond acceptors (Lipinski definition) is 7. The maximum Gasteiger partial charge on any atom is 0.323 e. The van der Waals surface area contributed by atoms with Crippen LogP contribution in [0.5, 0.6) is 11.5 Å². The number of primary sulfonamides is 1. The van der Waals surface area contributed by atoms with Gasteiger partial charge in [0.2, 0.25) is 10.0 Å². The van der Waals surface area contributed by atoms with E-state index < -0.39 is 16.1 Å². The van der Waals surface area contributed by atoms with Crippen molar-refractivity contribution >= 4 is 27.4 Å². The van der Waals surface area contributed by atoms with Crippen molar-refractivity contribution in [3.05, 3.63) is 66.7 Å². The van der Waals surface area contributed by atoms with E-state index in [0.29, 0.717) is 5.69 Å². The number of anilines is 2. The van der Waals surface area contributed by atoms with E-state index in [-0.39, 0.29) is 27.6 Å². The lowest BCUT2D eigenvalue weighted by Crippen LogP contribution is -2.20. The van der Waals surface area contributed by atoms with Gasteiger partial charge in [0, 0.05) is 12.4 Å². The first-order valence-electron chi connectivity index (χ1n) is 8.03. The highest BCUT2D eigenvalue weighted by atomic mass is 32.2. The molecular weight excluding hydrogens is 396 g/mol. The highest BCUT2D eigenvalue weighted by molar-refractivity contribution is 7.89. The van der Waals surface area contributed by atoms with Gasteiger partial charge in [-0.05, 0) is 36.4 Å². The van der Waals surface area contributed by atoms with Crippen molar-refractivity contribution < 1.29 is 17.9 Å². The number of aromatic nitrogens is 2. The lowest BCUT2D eigenvalue weighted by molar-refractivity contribution is 0.262. The second-order valence-electron chi connectivity index (χ2n) is 5.61. The minimum absolute atomic E-state index is 0.0483. The van der Waals surface area contributed by atoms with Gasteiger partial charge in [0.15, 0.2) is 5.75 Å². The third-order valence-electron chi connectivity index (χ3n) is 3.56. The molecule has 10 nitrogen and oxygen atoms in total. The molecule has 1 aromatic carbocycles. The van der Waals surface area contributed by atoms with Gasteiger partial charge in [0.1, 0.15) is 23.1 Å². The summed E-state index contributed by atoms with van der Waals surface area (Å²) < 4.78 is 28.4. The summed E-state index contributed by atoms with van der Waals surface area (Å²) in [6.45, 7) is 0. The number of nitrogens with one attached hydrogen (secondary N) is 2. The molecule has 0 aliphatic heterocycles. The number of sulfonamides is 1. The number of urea groups is 1. The molecule has 0 bridgehead atoms. The van der Waals surface area contributed by atoms with Gasteiger partial charge in [0.25, 0.3) is 0 Å². The molecule has 2 aromatic heterocycles. The average molecular weight is 410 g/mol. The zero-order chi connectivity index (χ0) is 20.9. The number of rotatable bonds is 5. The van der Waals surface area contributed by atoms with Crippen LogP contribution in [0.4, 0.5) is 16.2 Å². The summed E-state index contributed by atoms with van der Waals surface area (Å²) in [4.78, 5) is 20.0. The van der Waals surface area contributed by atoms with Crippen molar-refractivity contribution in [2.45, 2.75) is 4.90 Å². The first-order valence-corrected chi connectivity index (χ1v) is 9.58. The van der Waals surface area contributed by atoms with Crippen molar-refractivity contribution in [1.82, 2.24) is 9.97 Å². The Morgan fingerprint density at radius 3 is 2.45 bits per heavy atom. The number of nitriles is 1. The van der Waals surface area contributed by atoms with Crippen LogP contribution < -0.4 is 20.5 Å². The number of pyridine rings is 2. The van der Waals surface area contributed by atoms with Crippen LogP contribution in [0, 0.1) is 11.3 Å². The molecule has 0 atom stereocenters. The summed E-state index contributed by atoms with van der Waals surface area (Å²) in [5.41, 5.74) is 0.677. The summed E-state index contributed by atoms with van der Waals surface area (Å²) in [5.74, 6) is 0.281. The van der Waals surface area contributed by atoms with Crippen molar-refractivity contribution in [3.8, 4) is 17.6 Å². The monoisotopic (exact) mass is 410 g/mol. The predicted molar refractivity (Wildman–Crippen MR) is 104 cm³/mol. The smallest absolute Gasteiger partial charge is 0.323 e.